The summed E-state index contributed by atoms with van der Waals surface area (Å²) in [6.45, 7) is 0.193. The van der Waals surface area contributed by atoms with Gasteiger partial charge in [-0.3, -0.25) is 0 Å². The molecule has 1 rings (SSSR count). The molecule has 1 aromatic carbocycles. The minimum atomic E-state index is -0.251. The Bertz CT molecular complexity index is 291. The van der Waals surface area contributed by atoms with Gasteiger partial charge in [0, 0.05) is 12.1 Å². The van der Waals surface area contributed by atoms with Gasteiger partial charge in [0.2, 0.25) is 0 Å². The first-order valence-corrected chi connectivity index (χ1v) is 4.49. The van der Waals surface area contributed by atoms with Gasteiger partial charge in [0.15, 0.2) is 0 Å². The van der Waals surface area contributed by atoms with Crippen LogP contribution in [-0.2, 0) is 6.54 Å². The minimum absolute atomic E-state index is 0.193. The first kappa shape index (κ1) is 9.73. The summed E-state index contributed by atoms with van der Waals surface area (Å²) in [6.07, 6.45) is 0. The van der Waals surface area contributed by atoms with Gasteiger partial charge < -0.3 is 10.5 Å². The Morgan fingerprint density at radius 1 is 1.58 bits per heavy atom. The van der Waals surface area contributed by atoms with E-state index in [1.165, 1.54) is 0 Å². The van der Waals surface area contributed by atoms with Crippen LogP contribution in [0.4, 0.5) is 4.39 Å². The molecule has 0 fully saturated rings. The van der Waals surface area contributed by atoms with Gasteiger partial charge in [-0.05, 0) is 34.7 Å². The average Bonchev–Trinajstić information content (AvgIpc) is 2.09. The van der Waals surface area contributed by atoms with Gasteiger partial charge in [-0.1, -0.05) is 0 Å². The number of hydrogen-bond donors (Lipinski definition) is 1. The molecule has 0 saturated carbocycles. The fourth-order valence-electron chi connectivity index (χ4n) is 0.885. The molecule has 0 radical (unpaired) electrons. The third-order valence-corrected chi connectivity index (χ3v) is 2.32. The number of ether oxygens (including phenoxy) is 1. The van der Waals surface area contributed by atoms with Gasteiger partial charge in [-0.2, -0.15) is 0 Å². The summed E-state index contributed by atoms with van der Waals surface area (Å²) >= 11 is 1.91. The van der Waals surface area contributed by atoms with E-state index in [0.29, 0.717) is 14.9 Å². The quantitative estimate of drug-likeness (QED) is 0.840. The lowest BCUT2D eigenvalue weighted by Crippen LogP contribution is -2.02. The maximum absolute atomic E-state index is 13.2. The molecule has 1 aromatic rings. The molecule has 0 aliphatic carbocycles. The van der Waals surface area contributed by atoms with Crippen molar-refractivity contribution in [1.82, 2.24) is 0 Å². The van der Waals surface area contributed by atoms with Crippen LogP contribution in [0.1, 0.15) is 5.56 Å². The molecule has 0 spiro atoms. The van der Waals surface area contributed by atoms with Crippen LogP contribution in [0.5, 0.6) is 5.75 Å². The Balaban J connectivity index is 3.19. The highest BCUT2D eigenvalue weighted by molar-refractivity contribution is 14.1. The number of benzene rings is 1. The van der Waals surface area contributed by atoms with Crippen molar-refractivity contribution in [2.24, 2.45) is 5.73 Å². The summed E-state index contributed by atoms with van der Waals surface area (Å²) in [4.78, 5) is 0. The number of hydrogen-bond acceptors (Lipinski definition) is 2. The van der Waals surface area contributed by atoms with E-state index in [1.54, 1.807) is 19.2 Å². The molecule has 0 bridgehead atoms. The van der Waals surface area contributed by atoms with Gasteiger partial charge in [-0.25, -0.2) is 4.39 Å². The molecule has 12 heavy (non-hydrogen) atoms. The van der Waals surface area contributed by atoms with Crippen molar-refractivity contribution in [2.45, 2.75) is 6.54 Å². The Morgan fingerprint density at radius 2 is 2.25 bits per heavy atom. The average molecular weight is 281 g/mol. The van der Waals surface area contributed by atoms with Crippen molar-refractivity contribution < 1.29 is 9.13 Å². The van der Waals surface area contributed by atoms with Crippen molar-refractivity contribution in [3.05, 3.63) is 27.1 Å². The van der Waals surface area contributed by atoms with Crippen molar-refractivity contribution in [1.29, 1.82) is 0 Å². The third kappa shape index (κ3) is 1.87. The maximum Gasteiger partial charge on any atom is 0.141 e. The minimum Gasteiger partial charge on any atom is -0.497 e. The fraction of sp³-hybridized carbons (Fsp3) is 0.250. The van der Waals surface area contributed by atoms with E-state index in [2.05, 4.69) is 0 Å². The molecule has 2 nitrogen and oxygen atoms in total. The van der Waals surface area contributed by atoms with Crippen molar-refractivity contribution in [3.63, 3.8) is 0 Å². The summed E-state index contributed by atoms with van der Waals surface area (Å²) in [7, 11) is 1.55. The van der Waals surface area contributed by atoms with Crippen LogP contribution in [0, 0.1) is 9.39 Å². The summed E-state index contributed by atoms with van der Waals surface area (Å²) in [6, 6.07) is 3.24. The second-order valence-corrected chi connectivity index (χ2v) is 3.45. The zero-order chi connectivity index (χ0) is 9.14. The lowest BCUT2D eigenvalue weighted by molar-refractivity contribution is 0.412. The van der Waals surface area contributed by atoms with Crippen LogP contribution in [-0.4, -0.2) is 7.11 Å². The topological polar surface area (TPSA) is 35.2 Å². The predicted molar refractivity (Wildman–Crippen MR) is 53.6 cm³/mol. The van der Waals surface area contributed by atoms with Crippen LogP contribution in [0.2, 0.25) is 0 Å². The molecule has 2 N–H and O–H groups in total. The highest BCUT2D eigenvalue weighted by Crippen LogP contribution is 2.22. The zero-order valence-corrected chi connectivity index (χ0v) is 8.76. The second kappa shape index (κ2) is 4.04. The van der Waals surface area contributed by atoms with Gasteiger partial charge in [0.25, 0.3) is 0 Å². The molecular weight excluding hydrogens is 272 g/mol. The summed E-state index contributed by atoms with van der Waals surface area (Å²) in [5.74, 6) is 0.389. The Hall–Kier alpha value is -0.360. The summed E-state index contributed by atoms with van der Waals surface area (Å²) in [5.41, 5.74) is 5.83. The van der Waals surface area contributed by atoms with Crippen LogP contribution in [0.3, 0.4) is 0 Å². The van der Waals surface area contributed by atoms with E-state index in [0.717, 1.165) is 0 Å². The van der Waals surface area contributed by atoms with Crippen molar-refractivity contribution >= 4 is 22.6 Å². The lowest BCUT2D eigenvalue weighted by Gasteiger charge is -2.05. The number of halogens is 2. The van der Waals surface area contributed by atoms with Crippen molar-refractivity contribution in [3.8, 4) is 5.75 Å². The maximum atomic E-state index is 13.2. The first-order chi connectivity index (χ1) is 5.69. The SMILES string of the molecule is COc1cc(I)c(F)c(CN)c1. The van der Waals surface area contributed by atoms with Crippen LogP contribution >= 0.6 is 22.6 Å². The molecule has 0 amide bonds. The Morgan fingerprint density at radius 3 is 2.75 bits per heavy atom. The molecule has 0 aromatic heterocycles. The molecule has 0 saturated heterocycles. The van der Waals surface area contributed by atoms with Gasteiger partial charge in [0.1, 0.15) is 11.6 Å². The fourth-order valence-corrected chi connectivity index (χ4v) is 1.54. The normalized spacial score (nSPS) is 10.0. The van der Waals surface area contributed by atoms with Gasteiger partial charge in [-0.15, -0.1) is 0 Å². The predicted octanol–water partition coefficient (Wildman–Crippen LogP) is 1.90. The van der Waals surface area contributed by atoms with E-state index in [-0.39, 0.29) is 12.4 Å². The van der Waals surface area contributed by atoms with Crippen LogP contribution < -0.4 is 10.5 Å². The van der Waals surface area contributed by atoms with Gasteiger partial charge in [0.05, 0.1) is 10.7 Å². The zero-order valence-electron chi connectivity index (χ0n) is 6.60. The molecule has 0 heterocycles. The number of rotatable bonds is 2. The Kier molecular flexibility index (Phi) is 3.28. The highest BCUT2D eigenvalue weighted by atomic mass is 127. The molecule has 66 valence electrons. The lowest BCUT2D eigenvalue weighted by atomic mass is 10.2. The molecule has 0 aliphatic heterocycles. The number of methoxy groups -OCH3 is 1. The third-order valence-electron chi connectivity index (χ3n) is 1.53. The Labute approximate surface area is 84.0 Å². The van der Waals surface area contributed by atoms with E-state index in [4.69, 9.17) is 10.5 Å². The van der Waals surface area contributed by atoms with E-state index in [1.807, 2.05) is 22.6 Å². The molecule has 4 heteroatoms. The molecule has 0 atom stereocenters. The monoisotopic (exact) mass is 281 g/mol. The van der Waals surface area contributed by atoms with Crippen molar-refractivity contribution in [2.75, 3.05) is 7.11 Å². The molecular formula is C8H9FINO. The highest BCUT2D eigenvalue weighted by Gasteiger charge is 2.07. The summed E-state index contributed by atoms with van der Waals surface area (Å²) in [5, 5.41) is 0. The van der Waals surface area contributed by atoms with Crippen LogP contribution in [0.15, 0.2) is 12.1 Å². The standard InChI is InChI=1S/C8H9FINO/c1-12-6-2-5(4-11)8(9)7(10)3-6/h2-3H,4,11H2,1H3. The second-order valence-electron chi connectivity index (χ2n) is 2.29. The van der Waals surface area contributed by atoms with E-state index in [9.17, 15) is 4.39 Å². The van der Waals surface area contributed by atoms with Crippen LogP contribution in [0.25, 0.3) is 0 Å². The smallest absolute Gasteiger partial charge is 0.141 e. The summed E-state index contributed by atoms with van der Waals surface area (Å²) < 4.78 is 18.7. The van der Waals surface area contributed by atoms with E-state index < -0.39 is 0 Å². The van der Waals surface area contributed by atoms with Gasteiger partial charge >= 0.3 is 0 Å². The largest absolute Gasteiger partial charge is 0.497 e. The first-order valence-electron chi connectivity index (χ1n) is 3.41. The molecule has 0 aliphatic rings. The van der Waals surface area contributed by atoms with E-state index >= 15 is 0 Å². The number of nitrogens with two attached hydrogens (primary N) is 1. The molecule has 0 unspecified atom stereocenters.